The maximum Gasteiger partial charge on any atom is 0.274 e. The molecule has 0 aliphatic rings. The first-order valence-corrected chi connectivity index (χ1v) is 5.11. The van der Waals surface area contributed by atoms with E-state index in [1.807, 2.05) is 0 Å². The van der Waals surface area contributed by atoms with Gasteiger partial charge in [-0.25, -0.2) is 0 Å². The second kappa shape index (κ2) is 5.07. The maximum absolute atomic E-state index is 11.7. The zero-order chi connectivity index (χ0) is 12.1. The minimum Gasteiger partial charge on any atom is -0.345 e. The number of anilines is 1. The smallest absolute Gasteiger partial charge is 0.274 e. The lowest BCUT2D eigenvalue weighted by molar-refractivity contribution is -0.108. The predicted molar refractivity (Wildman–Crippen MR) is 62.7 cm³/mol. The second-order valence-electron chi connectivity index (χ2n) is 3.43. The highest BCUT2D eigenvalue weighted by Crippen LogP contribution is 2.08. The van der Waals surface area contributed by atoms with Crippen molar-refractivity contribution >= 4 is 17.9 Å². The molecule has 5 nitrogen and oxygen atoms in total. The highest BCUT2D eigenvalue weighted by Gasteiger charge is 2.07. The van der Waals surface area contributed by atoms with E-state index in [1.165, 1.54) is 0 Å². The average molecular weight is 229 g/mol. The van der Waals surface area contributed by atoms with Crippen LogP contribution >= 0.6 is 0 Å². The van der Waals surface area contributed by atoms with Crippen molar-refractivity contribution in [1.82, 2.24) is 9.55 Å². The van der Waals surface area contributed by atoms with Crippen molar-refractivity contribution in [1.29, 1.82) is 0 Å². The summed E-state index contributed by atoms with van der Waals surface area (Å²) in [5.74, 6) is -0.269. The van der Waals surface area contributed by atoms with E-state index in [0.29, 0.717) is 11.4 Å². The van der Waals surface area contributed by atoms with Gasteiger partial charge in [0.05, 0.1) is 12.2 Å². The number of carbonyl (C=O) groups excluding carboxylic acids is 2. The third-order valence-corrected chi connectivity index (χ3v) is 2.19. The SMILES string of the molecule is O=CCn1ccc(NC(=O)c2ccccn2)c1. The predicted octanol–water partition coefficient (Wildman–Crippen LogP) is 1.33. The number of nitrogens with one attached hydrogen (secondary N) is 1. The third kappa shape index (κ3) is 2.78. The first-order chi connectivity index (χ1) is 8.29. The lowest BCUT2D eigenvalue weighted by atomic mass is 10.3. The van der Waals surface area contributed by atoms with Crippen molar-refractivity contribution in [3.8, 4) is 0 Å². The number of nitrogens with zero attached hydrogens (tertiary/aromatic N) is 2. The normalized spacial score (nSPS) is 9.88. The zero-order valence-electron chi connectivity index (χ0n) is 9.04. The second-order valence-corrected chi connectivity index (χ2v) is 3.43. The van der Waals surface area contributed by atoms with Gasteiger partial charge in [-0.2, -0.15) is 0 Å². The minimum absolute atomic E-state index is 0.269. The molecule has 86 valence electrons. The van der Waals surface area contributed by atoms with Crippen molar-refractivity contribution in [3.63, 3.8) is 0 Å². The van der Waals surface area contributed by atoms with E-state index in [2.05, 4.69) is 10.3 Å². The largest absolute Gasteiger partial charge is 0.345 e. The molecule has 0 aromatic carbocycles. The standard InChI is InChI=1S/C12H11N3O2/c16-8-7-15-6-4-10(9-15)14-12(17)11-3-1-2-5-13-11/h1-6,8-9H,7H2,(H,14,17). The van der Waals surface area contributed by atoms with Gasteiger partial charge in [-0.15, -0.1) is 0 Å². The first-order valence-electron chi connectivity index (χ1n) is 5.11. The molecule has 2 aromatic heterocycles. The third-order valence-electron chi connectivity index (χ3n) is 2.19. The van der Waals surface area contributed by atoms with Crippen LogP contribution in [0.15, 0.2) is 42.9 Å². The Balaban J connectivity index is 2.05. The molecule has 17 heavy (non-hydrogen) atoms. The number of hydrogen-bond donors (Lipinski definition) is 1. The van der Waals surface area contributed by atoms with E-state index in [1.54, 1.807) is 47.4 Å². The summed E-state index contributed by atoms with van der Waals surface area (Å²) in [7, 11) is 0. The maximum atomic E-state index is 11.7. The molecule has 0 spiro atoms. The Kier molecular flexibility index (Phi) is 3.30. The lowest BCUT2D eigenvalue weighted by Gasteiger charge is -2.01. The fourth-order valence-corrected chi connectivity index (χ4v) is 1.41. The molecule has 2 rings (SSSR count). The van der Waals surface area contributed by atoms with Gasteiger partial charge < -0.3 is 14.7 Å². The van der Waals surface area contributed by atoms with Gasteiger partial charge in [-0.05, 0) is 18.2 Å². The molecule has 0 unspecified atom stereocenters. The Morgan fingerprint density at radius 3 is 3.00 bits per heavy atom. The summed E-state index contributed by atoms with van der Waals surface area (Å²) in [6.45, 7) is 0.277. The number of carbonyl (C=O) groups is 2. The van der Waals surface area contributed by atoms with Gasteiger partial charge in [0.15, 0.2) is 0 Å². The van der Waals surface area contributed by atoms with Gasteiger partial charge in [-0.3, -0.25) is 9.78 Å². The van der Waals surface area contributed by atoms with Crippen LogP contribution in [-0.2, 0) is 11.3 Å². The summed E-state index contributed by atoms with van der Waals surface area (Å²) >= 11 is 0. The Morgan fingerprint density at radius 1 is 1.41 bits per heavy atom. The van der Waals surface area contributed by atoms with Gasteiger partial charge in [0.2, 0.25) is 0 Å². The molecule has 2 heterocycles. The summed E-state index contributed by atoms with van der Waals surface area (Å²) in [4.78, 5) is 26.0. The van der Waals surface area contributed by atoms with Gasteiger partial charge in [0.1, 0.15) is 12.0 Å². The number of aromatic nitrogens is 2. The topological polar surface area (TPSA) is 64.0 Å². The van der Waals surface area contributed by atoms with Crippen molar-refractivity contribution in [3.05, 3.63) is 48.5 Å². The number of pyridine rings is 1. The summed E-state index contributed by atoms with van der Waals surface area (Å²) < 4.78 is 1.68. The molecular formula is C12H11N3O2. The van der Waals surface area contributed by atoms with Crippen LogP contribution in [0.4, 0.5) is 5.69 Å². The monoisotopic (exact) mass is 229 g/mol. The van der Waals surface area contributed by atoms with Crippen molar-refractivity contribution in [2.75, 3.05) is 5.32 Å². The van der Waals surface area contributed by atoms with Crippen LogP contribution in [0.3, 0.4) is 0 Å². The van der Waals surface area contributed by atoms with Crippen LogP contribution < -0.4 is 5.32 Å². The van der Waals surface area contributed by atoms with Gasteiger partial charge in [0, 0.05) is 18.6 Å². The van der Waals surface area contributed by atoms with Gasteiger partial charge in [-0.1, -0.05) is 6.07 Å². The molecule has 0 radical (unpaired) electrons. The molecule has 1 N–H and O–H groups in total. The number of hydrogen-bond acceptors (Lipinski definition) is 3. The van der Waals surface area contributed by atoms with Crippen LogP contribution in [0.5, 0.6) is 0 Å². The first kappa shape index (κ1) is 11.1. The Labute approximate surface area is 98.1 Å². The van der Waals surface area contributed by atoms with E-state index in [9.17, 15) is 9.59 Å². The molecule has 0 atom stereocenters. The van der Waals surface area contributed by atoms with Gasteiger partial charge >= 0.3 is 0 Å². The van der Waals surface area contributed by atoms with E-state index in [0.717, 1.165) is 6.29 Å². The van der Waals surface area contributed by atoms with E-state index in [-0.39, 0.29) is 12.5 Å². The van der Waals surface area contributed by atoms with E-state index in [4.69, 9.17) is 0 Å². The van der Waals surface area contributed by atoms with E-state index >= 15 is 0 Å². The molecule has 0 aliphatic carbocycles. The average Bonchev–Trinajstić information content (AvgIpc) is 2.78. The summed E-state index contributed by atoms with van der Waals surface area (Å²) in [5.41, 5.74) is 0.998. The molecule has 2 aromatic rings. The fourth-order valence-electron chi connectivity index (χ4n) is 1.41. The molecule has 0 aliphatic heterocycles. The number of aldehydes is 1. The van der Waals surface area contributed by atoms with Crippen LogP contribution in [0.1, 0.15) is 10.5 Å². The Hall–Kier alpha value is -2.43. The quantitative estimate of drug-likeness (QED) is 0.804. The summed E-state index contributed by atoms with van der Waals surface area (Å²) in [5, 5.41) is 2.70. The van der Waals surface area contributed by atoms with Crippen molar-refractivity contribution in [2.45, 2.75) is 6.54 Å². The highest BCUT2D eigenvalue weighted by atomic mass is 16.1. The van der Waals surface area contributed by atoms with E-state index < -0.39 is 0 Å². The molecule has 0 fully saturated rings. The fraction of sp³-hybridized carbons (Fsp3) is 0.0833. The molecule has 5 heteroatoms. The summed E-state index contributed by atoms with van der Waals surface area (Å²) in [6, 6.07) is 6.86. The Morgan fingerprint density at radius 2 is 2.29 bits per heavy atom. The number of amides is 1. The molecule has 0 bridgehead atoms. The van der Waals surface area contributed by atoms with Crippen molar-refractivity contribution in [2.24, 2.45) is 0 Å². The minimum atomic E-state index is -0.269. The molecule has 0 saturated heterocycles. The molecular weight excluding hydrogens is 218 g/mol. The van der Waals surface area contributed by atoms with Gasteiger partial charge in [0.25, 0.3) is 5.91 Å². The molecule has 1 amide bonds. The zero-order valence-corrected chi connectivity index (χ0v) is 9.04. The van der Waals surface area contributed by atoms with Crippen LogP contribution in [-0.4, -0.2) is 21.7 Å². The Bertz CT molecular complexity index is 520. The van der Waals surface area contributed by atoms with Crippen LogP contribution in [0, 0.1) is 0 Å². The summed E-state index contributed by atoms with van der Waals surface area (Å²) in [6.07, 6.45) is 5.77. The number of rotatable bonds is 4. The lowest BCUT2D eigenvalue weighted by Crippen LogP contribution is -2.12. The molecule has 0 saturated carbocycles. The highest BCUT2D eigenvalue weighted by molar-refractivity contribution is 6.02. The van der Waals surface area contributed by atoms with Crippen LogP contribution in [0.25, 0.3) is 0 Å². The van der Waals surface area contributed by atoms with Crippen LogP contribution in [0.2, 0.25) is 0 Å². The van der Waals surface area contributed by atoms with Crippen molar-refractivity contribution < 1.29 is 9.59 Å².